The second kappa shape index (κ2) is 11.7. The summed E-state index contributed by atoms with van der Waals surface area (Å²) in [5.41, 5.74) is 8.68. The maximum Gasteiger partial charge on any atom is 1.00 e. The Balaban J connectivity index is 0.00000481. The summed E-state index contributed by atoms with van der Waals surface area (Å²) in [5.74, 6) is -3.20. The number of aromatic hydroxyl groups is 1. The van der Waals surface area contributed by atoms with Crippen LogP contribution < -0.4 is 51.8 Å². The van der Waals surface area contributed by atoms with Gasteiger partial charge in [-0.2, -0.15) is 4.73 Å². The van der Waals surface area contributed by atoms with E-state index < -0.39 is 70.4 Å². The van der Waals surface area contributed by atoms with E-state index in [1.807, 2.05) is 0 Å². The van der Waals surface area contributed by atoms with E-state index in [1.165, 1.54) is 5.38 Å². The van der Waals surface area contributed by atoms with Crippen LogP contribution in [-0.2, 0) is 36.1 Å². The van der Waals surface area contributed by atoms with Crippen LogP contribution in [0, 0.1) is 0 Å². The van der Waals surface area contributed by atoms with Gasteiger partial charge in [-0.3, -0.25) is 14.4 Å². The molecule has 21 heteroatoms. The molecule has 1 fully saturated rings. The molecule has 0 aromatic carbocycles. The Morgan fingerprint density at radius 2 is 2.03 bits per heavy atom. The number of nitrogens with one attached hydrogen (secondary N) is 1. The van der Waals surface area contributed by atoms with Crippen molar-refractivity contribution in [1.82, 2.24) is 19.3 Å². The van der Waals surface area contributed by atoms with E-state index in [0.29, 0.717) is 10.9 Å². The fraction of sp³-hybridized carbons (Fsp3) is 0.250. The summed E-state index contributed by atoms with van der Waals surface area (Å²) >= 11 is 0.911. The first kappa shape index (κ1) is 29.8. The molecule has 2 aromatic heterocycles. The van der Waals surface area contributed by atoms with E-state index in [9.17, 15) is 42.5 Å². The molecule has 0 saturated carbocycles. The van der Waals surface area contributed by atoms with E-state index in [0.717, 1.165) is 17.4 Å². The number of hydrogen-bond donors (Lipinski definition) is 5. The van der Waals surface area contributed by atoms with Crippen LogP contribution in [0.25, 0.3) is 0 Å². The smallest absolute Gasteiger partial charge is 0.731 e. The van der Waals surface area contributed by atoms with Crippen LogP contribution in [0.2, 0.25) is 0 Å². The number of primary amides is 1. The fourth-order valence-corrected chi connectivity index (χ4v) is 4.31. The van der Waals surface area contributed by atoms with Crippen molar-refractivity contribution in [1.29, 1.82) is 0 Å². The number of aromatic nitrogens is 2. The van der Waals surface area contributed by atoms with E-state index in [1.54, 1.807) is 0 Å². The molecule has 7 N–H and O–H groups in total. The van der Waals surface area contributed by atoms with Gasteiger partial charge >= 0.3 is 35.7 Å². The zero-order chi connectivity index (χ0) is 26.8. The van der Waals surface area contributed by atoms with Gasteiger partial charge in [-0.05, 0) is 0 Å². The van der Waals surface area contributed by atoms with Crippen LogP contribution in [0.1, 0.15) is 11.4 Å². The molecule has 0 radical (unpaired) electrons. The van der Waals surface area contributed by atoms with Gasteiger partial charge < -0.3 is 41.2 Å². The number of β-lactam (4-membered cyclic amide) rings is 1. The Hall–Kier alpha value is -3.43. The number of oxime groups is 1. The Labute approximate surface area is 232 Å². The first-order valence-electron chi connectivity index (χ1n) is 9.37. The molecule has 194 valence electrons. The normalized spacial score (nSPS) is 17.4. The van der Waals surface area contributed by atoms with Gasteiger partial charge in [-0.1, -0.05) is 5.16 Å². The van der Waals surface area contributed by atoms with Crippen molar-refractivity contribution >= 4 is 50.4 Å². The maximum absolute atomic E-state index is 12.9. The molecule has 3 amide bonds. The van der Waals surface area contributed by atoms with Crippen molar-refractivity contribution in [3.05, 3.63) is 39.3 Å². The van der Waals surface area contributed by atoms with Crippen molar-refractivity contribution in [3.63, 3.8) is 0 Å². The summed E-state index contributed by atoms with van der Waals surface area (Å²) in [7, 11) is -5.31. The van der Waals surface area contributed by atoms with Gasteiger partial charge in [0.2, 0.25) is 5.43 Å². The number of carbonyl (C=O) groups excluding carboxylic acids is 3. The second-order valence-electron chi connectivity index (χ2n) is 6.88. The number of thiazole rings is 1. The van der Waals surface area contributed by atoms with Crippen LogP contribution in [0.3, 0.4) is 0 Å². The molecule has 1 aliphatic rings. The molecule has 2 atom stereocenters. The molecule has 2 aromatic rings. The molecule has 18 nitrogen and oxygen atoms in total. The molecule has 1 saturated heterocycles. The number of nitrogen functional groups attached to an aromatic ring is 1. The van der Waals surface area contributed by atoms with Crippen molar-refractivity contribution in [2.45, 2.75) is 18.7 Å². The van der Waals surface area contributed by atoms with Gasteiger partial charge in [0.05, 0.1) is 6.20 Å². The average Bonchev–Trinajstić information content (AvgIpc) is 3.20. The minimum atomic E-state index is -5.31. The number of ether oxygens (including phenoxy) is 1. The van der Waals surface area contributed by atoms with Gasteiger partial charge in [0.15, 0.2) is 33.5 Å². The molecule has 3 heterocycles. The Morgan fingerprint density at radius 1 is 1.35 bits per heavy atom. The molecule has 37 heavy (non-hydrogen) atoms. The van der Waals surface area contributed by atoms with Crippen molar-refractivity contribution < 1.29 is 76.8 Å². The monoisotopic (exact) mass is 569 g/mol. The molecule has 3 rings (SSSR count). The number of hydrogen-bond acceptors (Lipinski definition) is 15. The number of nitrogens with zero attached hydrogens (tertiary/aromatic N) is 4. The van der Waals surface area contributed by atoms with Gasteiger partial charge in [-0.15, -0.1) is 11.3 Å². The first-order chi connectivity index (χ1) is 16.8. The van der Waals surface area contributed by atoms with Crippen LogP contribution >= 0.6 is 11.3 Å². The Kier molecular flexibility index (Phi) is 9.46. The predicted molar refractivity (Wildman–Crippen MR) is 115 cm³/mol. The Morgan fingerprint density at radius 3 is 2.59 bits per heavy atom. The third kappa shape index (κ3) is 6.87. The van der Waals surface area contributed by atoms with Crippen molar-refractivity contribution in [2.24, 2.45) is 10.9 Å². The molecule has 0 unspecified atom stereocenters. The number of nitrogens with two attached hydrogens (primary N) is 2. The average molecular weight is 569 g/mol. The first-order valence-corrected chi connectivity index (χ1v) is 11.6. The molecule has 1 aliphatic heterocycles. The molecule has 0 spiro atoms. The number of pyridine rings is 1. The standard InChI is InChI=1S/C16H17N7O11S2.Na/c17-15-19-7(5-35-15)11(21-34-3-6-1-9(24)10(25)2-22(6)29)13(26)20-12-8(4-33-16(18)28)23(14(12)27)36(30,31)32;/h1-2,5,8,12,25,29H,3-4H2,(H2,17,19)(H2,18,28)(H,20,26)(H,30,31,32);/q;+1/p-1/b21-11-;/t8-,12-;/m0./s1. The van der Waals surface area contributed by atoms with Gasteiger partial charge in [0, 0.05) is 11.4 Å². The van der Waals surface area contributed by atoms with Crippen LogP contribution in [0.15, 0.2) is 27.6 Å². The van der Waals surface area contributed by atoms with Crippen LogP contribution in [0.5, 0.6) is 5.75 Å². The number of carbonyl (C=O) groups is 3. The second-order valence-corrected chi connectivity index (χ2v) is 9.02. The SMILES string of the molecule is NC(=O)OC[C@H]1[C@H](NC(=O)/C(=N\OCc2cc(=O)c(O)cn2O)c2csc(N)n2)C(=O)N1S(=O)(=O)[O-].[Na+]. The number of anilines is 1. The summed E-state index contributed by atoms with van der Waals surface area (Å²) in [5, 5.41) is 26.1. The van der Waals surface area contributed by atoms with Crippen LogP contribution in [-0.4, -0.2) is 79.6 Å². The minimum absolute atomic E-state index is 0. The predicted octanol–water partition coefficient (Wildman–Crippen LogP) is -5.99. The zero-order valence-electron chi connectivity index (χ0n) is 18.6. The topological polar surface area (TPSA) is 282 Å². The summed E-state index contributed by atoms with van der Waals surface area (Å²) in [6.45, 7) is -1.41. The molecule has 0 bridgehead atoms. The third-order valence-corrected chi connectivity index (χ3v) is 6.14. The van der Waals surface area contributed by atoms with E-state index in [2.05, 4.69) is 20.2 Å². The van der Waals surface area contributed by atoms with Gasteiger partial charge in [-0.25, -0.2) is 22.5 Å². The molecular formula is C16H16N7NaO11S2. The molecular weight excluding hydrogens is 553 g/mol. The van der Waals surface area contributed by atoms with Gasteiger partial charge in [0.1, 0.15) is 30.1 Å². The maximum atomic E-state index is 12.9. The largest absolute Gasteiger partial charge is 1.00 e. The number of amides is 3. The zero-order valence-corrected chi connectivity index (χ0v) is 22.3. The minimum Gasteiger partial charge on any atom is -0.731 e. The van der Waals surface area contributed by atoms with E-state index in [-0.39, 0.29) is 50.4 Å². The number of rotatable bonds is 9. The molecule has 0 aliphatic carbocycles. The fourth-order valence-electron chi connectivity index (χ4n) is 2.92. The van der Waals surface area contributed by atoms with Gasteiger partial charge in [0.25, 0.3) is 11.8 Å². The van der Waals surface area contributed by atoms with E-state index >= 15 is 0 Å². The van der Waals surface area contributed by atoms with Crippen molar-refractivity contribution in [3.8, 4) is 5.75 Å². The van der Waals surface area contributed by atoms with E-state index in [4.69, 9.17) is 16.3 Å². The Bertz CT molecular complexity index is 1410. The summed E-state index contributed by atoms with van der Waals surface area (Å²) in [6.07, 6.45) is -0.626. The third-order valence-electron chi connectivity index (χ3n) is 4.53. The summed E-state index contributed by atoms with van der Waals surface area (Å²) < 4.78 is 38.8. The van der Waals surface area contributed by atoms with Crippen LogP contribution in [0.4, 0.5) is 9.93 Å². The quantitative estimate of drug-likeness (QED) is 0.0470. The summed E-state index contributed by atoms with van der Waals surface area (Å²) in [6, 6.07) is -2.40. The van der Waals surface area contributed by atoms with Crippen molar-refractivity contribution in [2.75, 3.05) is 12.3 Å². The summed E-state index contributed by atoms with van der Waals surface area (Å²) in [4.78, 5) is 56.4.